The number of hydrogen-bond donors (Lipinski definition) is 1. The van der Waals surface area contributed by atoms with Crippen LogP contribution in [0.1, 0.15) is 6.92 Å². The largest absolute Gasteiger partial charge is 0.380 e. The van der Waals surface area contributed by atoms with Crippen molar-refractivity contribution in [2.24, 2.45) is 0 Å². The predicted molar refractivity (Wildman–Crippen MR) is 47.2 cm³/mol. The SMILES string of the molecule is CCOCCNS(=O)(=O)CBr. The van der Waals surface area contributed by atoms with Gasteiger partial charge in [0.2, 0.25) is 10.0 Å². The molecule has 0 aliphatic rings. The first-order chi connectivity index (χ1) is 5.12. The van der Waals surface area contributed by atoms with Gasteiger partial charge >= 0.3 is 0 Å². The molecule has 0 saturated heterocycles. The Labute approximate surface area is 75.5 Å². The molecule has 0 aromatic heterocycles. The molecule has 6 heteroatoms. The van der Waals surface area contributed by atoms with Crippen LogP contribution in [0.25, 0.3) is 0 Å². The Balaban J connectivity index is 3.39. The summed E-state index contributed by atoms with van der Waals surface area (Å²) in [5, 5.41) is 0. The Morgan fingerprint density at radius 1 is 1.55 bits per heavy atom. The van der Waals surface area contributed by atoms with E-state index in [1.165, 1.54) is 0 Å². The molecule has 11 heavy (non-hydrogen) atoms. The Kier molecular flexibility index (Phi) is 6.12. The van der Waals surface area contributed by atoms with Gasteiger partial charge in [-0.15, -0.1) is 0 Å². The van der Waals surface area contributed by atoms with Gasteiger partial charge in [0.25, 0.3) is 0 Å². The first-order valence-electron chi connectivity index (χ1n) is 3.23. The summed E-state index contributed by atoms with van der Waals surface area (Å²) in [7, 11) is -3.11. The zero-order valence-corrected chi connectivity index (χ0v) is 8.74. The highest BCUT2D eigenvalue weighted by molar-refractivity contribution is 9.10. The normalized spacial score (nSPS) is 11.8. The van der Waals surface area contributed by atoms with E-state index in [1.54, 1.807) is 0 Å². The molecule has 68 valence electrons. The van der Waals surface area contributed by atoms with Crippen molar-refractivity contribution in [3.63, 3.8) is 0 Å². The maximum atomic E-state index is 10.7. The summed E-state index contributed by atoms with van der Waals surface area (Å²) in [5.74, 6) is 0. The summed E-state index contributed by atoms with van der Waals surface area (Å²) in [4.78, 5) is 0. The Bertz CT molecular complexity index is 180. The number of rotatable bonds is 6. The molecular formula is C5H12BrNO3S. The molecule has 0 saturated carbocycles. The third-order valence-electron chi connectivity index (χ3n) is 0.916. The molecule has 0 radical (unpaired) electrons. The summed E-state index contributed by atoms with van der Waals surface area (Å²) in [6.07, 6.45) is 0. The summed E-state index contributed by atoms with van der Waals surface area (Å²) in [6, 6.07) is 0. The minimum atomic E-state index is -3.11. The van der Waals surface area contributed by atoms with Crippen LogP contribution in [-0.2, 0) is 14.8 Å². The van der Waals surface area contributed by atoms with Gasteiger partial charge in [0, 0.05) is 13.2 Å². The highest BCUT2D eigenvalue weighted by Gasteiger charge is 2.04. The highest BCUT2D eigenvalue weighted by atomic mass is 79.9. The summed E-state index contributed by atoms with van der Waals surface area (Å²) in [5.41, 5.74) is 0. The van der Waals surface area contributed by atoms with E-state index in [0.717, 1.165) is 0 Å². The second-order valence-corrected chi connectivity index (χ2v) is 4.93. The van der Waals surface area contributed by atoms with Crippen LogP contribution in [0.5, 0.6) is 0 Å². The molecule has 0 rings (SSSR count). The maximum absolute atomic E-state index is 10.7. The molecule has 0 aromatic carbocycles. The fourth-order valence-corrected chi connectivity index (χ4v) is 1.41. The molecule has 0 aliphatic carbocycles. The molecular weight excluding hydrogens is 234 g/mol. The molecule has 1 N–H and O–H groups in total. The van der Waals surface area contributed by atoms with Gasteiger partial charge in [0.1, 0.15) is 4.66 Å². The Morgan fingerprint density at radius 2 is 2.18 bits per heavy atom. The lowest BCUT2D eigenvalue weighted by molar-refractivity contribution is 0.153. The number of nitrogens with one attached hydrogen (secondary N) is 1. The van der Waals surface area contributed by atoms with Gasteiger partial charge in [-0.05, 0) is 6.92 Å². The van der Waals surface area contributed by atoms with E-state index in [-0.39, 0.29) is 4.66 Å². The van der Waals surface area contributed by atoms with Crippen LogP contribution in [0.15, 0.2) is 0 Å². The molecule has 0 bridgehead atoms. The van der Waals surface area contributed by atoms with E-state index >= 15 is 0 Å². The fraction of sp³-hybridized carbons (Fsp3) is 1.00. The number of halogens is 1. The lowest BCUT2D eigenvalue weighted by Gasteiger charge is -2.02. The van der Waals surface area contributed by atoms with Crippen molar-refractivity contribution >= 4 is 26.0 Å². The van der Waals surface area contributed by atoms with Gasteiger partial charge in [0.05, 0.1) is 6.61 Å². The van der Waals surface area contributed by atoms with Crippen molar-refractivity contribution in [1.82, 2.24) is 4.72 Å². The average molecular weight is 246 g/mol. The van der Waals surface area contributed by atoms with Crippen molar-refractivity contribution in [2.45, 2.75) is 6.92 Å². The zero-order chi connectivity index (χ0) is 8.74. The second kappa shape index (κ2) is 5.93. The van der Waals surface area contributed by atoms with Gasteiger partial charge < -0.3 is 4.74 Å². The first kappa shape index (κ1) is 11.4. The van der Waals surface area contributed by atoms with Crippen LogP contribution in [0, 0.1) is 0 Å². The molecule has 0 amide bonds. The summed E-state index contributed by atoms with van der Waals surface area (Å²) in [6.45, 7) is 3.22. The molecule has 0 unspecified atom stereocenters. The zero-order valence-electron chi connectivity index (χ0n) is 6.34. The number of alkyl halides is 1. The molecule has 0 fully saturated rings. The van der Waals surface area contributed by atoms with Gasteiger partial charge in [-0.2, -0.15) is 0 Å². The lowest BCUT2D eigenvalue weighted by Crippen LogP contribution is -2.27. The fourth-order valence-electron chi connectivity index (χ4n) is 0.452. The van der Waals surface area contributed by atoms with Crippen LogP contribution in [0.4, 0.5) is 0 Å². The van der Waals surface area contributed by atoms with E-state index in [1.807, 2.05) is 6.92 Å². The van der Waals surface area contributed by atoms with Gasteiger partial charge in [0.15, 0.2) is 0 Å². The van der Waals surface area contributed by atoms with Crippen LogP contribution < -0.4 is 4.72 Å². The quantitative estimate of drug-likeness (QED) is 0.541. The molecule has 0 heterocycles. The van der Waals surface area contributed by atoms with Gasteiger partial charge in [-0.3, -0.25) is 0 Å². The van der Waals surface area contributed by atoms with Crippen molar-refractivity contribution in [3.05, 3.63) is 0 Å². The summed E-state index contributed by atoms with van der Waals surface area (Å²) >= 11 is 2.85. The molecule has 0 aromatic rings. The highest BCUT2D eigenvalue weighted by Crippen LogP contribution is 1.89. The lowest BCUT2D eigenvalue weighted by atomic mass is 10.7. The smallest absolute Gasteiger partial charge is 0.221 e. The Hall–Kier alpha value is 0.350. The third-order valence-corrected chi connectivity index (χ3v) is 3.66. The van der Waals surface area contributed by atoms with Crippen LogP contribution in [0.3, 0.4) is 0 Å². The van der Waals surface area contributed by atoms with Gasteiger partial charge in [-0.1, -0.05) is 15.9 Å². The predicted octanol–water partition coefficient (Wildman–Crippen LogP) is 0.295. The number of hydrogen-bond acceptors (Lipinski definition) is 3. The van der Waals surface area contributed by atoms with Crippen molar-refractivity contribution in [3.8, 4) is 0 Å². The number of sulfonamides is 1. The van der Waals surface area contributed by atoms with E-state index in [0.29, 0.717) is 19.8 Å². The van der Waals surface area contributed by atoms with E-state index in [9.17, 15) is 8.42 Å². The van der Waals surface area contributed by atoms with E-state index in [4.69, 9.17) is 4.74 Å². The molecule has 4 nitrogen and oxygen atoms in total. The maximum Gasteiger partial charge on any atom is 0.221 e. The minimum absolute atomic E-state index is 0.0634. The molecule has 0 spiro atoms. The first-order valence-corrected chi connectivity index (χ1v) is 6.01. The van der Waals surface area contributed by atoms with Crippen molar-refractivity contribution in [2.75, 3.05) is 24.4 Å². The summed E-state index contributed by atoms with van der Waals surface area (Å²) < 4.78 is 28.7. The minimum Gasteiger partial charge on any atom is -0.380 e. The molecule has 0 atom stereocenters. The van der Waals surface area contributed by atoms with Crippen LogP contribution >= 0.6 is 15.9 Å². The number of ether oxygens (including phenoxy) is 1. The van der Waals surface area contributed by atoms with Gasteiger partial charge in [-0.25, -0.2) is 13.1 Å². The molecule has 0 aliphatic heterocycles. The van der Waals surface area contributed by atoms with Crippen molar-refractivity contribution in [1.29, 1.82) is 0 Å². The van der Waals surface area contributed by atoms with E-state index in [2.05, 4.69) is 20.7 Å². The van der Waals surface area contributed by atoms with Crippen LogP contribution in [-0.4, -0.2) is 32.8 Å². The Morgan fingerprint density at radius 3 is 2.64 bits per heavy atom. The second-order valence-electron chi connectivity index (χ2n) is 1.82. The van der Waals surface area contributed by atoms with Crippen LogP contribution in [0.2, 0.25) is 0 Å². The van der Waals surface area contributed by atoms with Crippen molar-refractivity contribution < 1.29 is 13.2 Å². The monoisotopic (exact) mass is 245 g/mol. The standard InChI is InChI=1S/C5H12BrNO3S/c1-2-10-4-3-7-11(8,9)5-6/h7H,2-5H2,1H3. The third kappa shape index (κ3) is 6.74. The average Bonchev–Trinajstić information content (AvgIpc) is 1.99. The topological polar surface area (TPSA) is 55.4 Å². The van der Waals surface area contributed by atoms with E-state index < -0.39 is 10.0 Å².